The first-order valence-electron chi connectivity index (χ1n) is 8.18. The van der Waals surface area contributed by atoms with Gasteiger partial charge in [-0.25, -0.2) is 4.39 Å². The van der Waals surface area contributed by atoms with Gasteiger partial charge in [0.15, 0.2) is 0 Å². The van der Waals surface area contributed by atoms with Crippen molar-refractivity contribution >= 4 is 17.5 Å². The Labute approximate surface area is 149 Å². The number of amides is 2. The molecule has 26 heavy (non-hydrogen) atoms. The molecular formula is C18H18FN3O4. The van der Waals surface area contributed by atoms with Crippen molar-refractivity contribution in [1.82, 2.24) is 10.6 Å². The van der Waals surface area contributed by atoms with E-state index in [2.05, 4.69) is 15.8 Å². The van der Waals surface area contributed by atoms with Gasteiger partial charge in [0.1, 0.15) is 11.6 Å². The summed E-state index contributed by atoms with van der Waals surface area (Å²) in [6, 6.07) is 9.67. The minimum atomic E-state index is -0.823. The summed E-state index contributed by atoms with van der Waals surface area (Å²) in [6.45, 7) is 0.461. The van der Waals surface area contributed by atoms with Crippen molar-refractivity contribution in [3.63, 3.8) is 0 Å². The van der Waals surface area contributed by atoms with Crippen LogP contribution in [0.2, 0.25) is 0 Å². The van der Waals surface area contributed by atoms with Crippen LogP contribution in [-0.2, 0) is 21.0 Å². The van der Waals surface area contributed by atoms with Crippen LogP contribution >= 0.6 is 0 Å². The Balaban J connectivity index is 1.38. The third-order valence-corrected chi connectivity index (χ3v) is 3.84. The van der Waals surface area contributed by atoms with Gasteiger partial charge in [-0.05, 0) is 18.2 Å². The van der Waals surface area contributed by atoms with E-state index in [1.807, 2.05) is 0 Å². The van der Waals surface area contributed by atoms with Gasteiger partial charge in [-0.3, -0.25) is 9.59 Å². The summed E-state index contributed by atoms with van der Waals surface area (Å²) < 4.78 is 18.9. The van der Waals surface area contributed by atoms with E-state index in [1.165, 1.54) is 12.3 Å². The number of carbonyl (C=O) groups excluding carboxylic acids is 2. The van der Waals surface area contributed by atoms with Crippen molar-refractivity contribution in [2.45, 2.75) is 25.5 Å². The zero-order valence-electron chi connectivity index (χ0n) is 13.9. The van der Waals surface area contributed by atoms with Crippen LogP contribution in [0.3, 0.4) is 0 Å². The Kier molecular flexibility index (Phi) is 5.62. The Morgan fingerprint density at radius 2 is 2.04 bits per heavy atom. The van der Waals surface area contributed by atoms with E-state index in [0.717, 1.165) is 0 Å². The maximum absolute atomic E-state index is 13.7. The molecule has 2 heterocycles. The molecule has 1 aliphatic rings. The Morgan fingerprint density at radius 3 is 2.81 bits per heavy atom. The Bertz CT molecular complexity index is 805. The van der Waals surface area contributed by atoms with E-state index < -0.39 is 11.9 Å². The molecule has 1 aromatic heterocycles. The van der Waals surface area contributed by atoms with Crippen LogP contribution in [0.25, 0.3) is 0 Å². The smallest absolute Gasteiger partial charge is 0.264 e. The number of nitrogens with one attached hydrogen (secondary N) is 2. The number of oxime groups is 1. The van der Waals surface area contributed by atoms with Crippen molar-refractivity contribution in [3.05, 3.63) is 59.8 Å². The molecular weight excluding hydrogens is 341 g/mol. The second-order valence-electron chi connectivity index (χ2n) is 5.71. The predicted molar refractivity (Wildman–Crippen MR) is 90.6 cm³/mol. The van der Waals surface area contributed by atoms with Crippen molar-refractivity contribution < 1.29 is 23.2 Å². The molecule has 0 saturated carbocycles. The largest absolute Gasteiger partial charge is 0.467 e. The highest BCUT2D eigenvalue weighted by molar-refractivity contribution is 6.04. The number of halogens is 1. The minimum absolute atomic E-state index is 0.125. The van der Waals surface area contributed by atoms with Gasteiger partial charge in [0.25, 0.3) is 5.91 Å². The van der Waals surface area contributed by atoms with Gasteiger partial charge >= 0.3 is 0 Å². The van der Waals surface area contributed by atoms with Crippen LogP contribution in [0, 0.1) is 5.82 Å². The lowest BCUT2D eigenvalue weighted by Crippen LogP contribution is -2.37. The maximum atomic E-state index is 13.7. The zero-order chi connectivity index (χ0) is 18.4. The van der Waals surface area contributed by atoms with Crippen LogP contribution in [0.1, 0.15) is 24.2 Å². The molecule has 8 heteroatoms. The number of hydrogen-bond acceptors (Lipinski definition) is 5. The highest BCUT2D eigenvalue weighted by Crippen LogP contribution is 2.18. The van der Waals surface area contributed by atoms with E-state index in [4.69, 9.17) is 9.25 Å². The van der Waals surface area contributed by atoms with Crippen LogP contribution in [0.5, 0.6) is 0 Å². The highest BCUT2D eigenvalue weighted by Gasteiger charge is 2.29. The van der Waals surface area contributed by atoms with Crippen molar-refractivity contribution in [1.29, 1.82) is 0 Å². The average molecular weight is 359 g/mol. The molecule has 0 bridgehead atoms. The fourth-order valence-electron chi connectivity index (χ4n) is 2.47. The number of benzene rings is 1. The standard InChI is InChI=1S/C18H18FN3O4/c19-14-6-2-1-5-13(14)15-10-16(26-22-15)18(24)20-8-7-17(23)21-11-12-4-3-9-25-12/h1-6,9,16H,7-8,10-11H2,(H,20,24)(H,21,23). The maximum Gasteiger partial charge on any atom is 0.264 e. The molecule has 1 aliphatic heterocycles. The lowest BCUT2D eigenvalue weighted by Gasteiger charge is -2.09. The summed E-state index contributed by atoms with van der Waals surface area (Å²) in [5, 5.41) is 9.10. The summed E-state index contributed by atoms with van der Waals surface area (Å²) in [5.74, 6) is -0.361. The molecule has 2 amide bonds. The predicted octanol–water partition coefficient (Wildman–Crippen LogP) is 1.73. The molecule has 2 N–H and O–H groups in total. The minimum Gasteiger partial charge on any atom is -0.467 e. The molecule has 0 radical (unpaired) electrons. The van der Waals surface area contributed by atoms with E-state index in [9.17, 15) is 14.0 Å². The first kappa shape index (κ1) is 17.7. The van der Waals surface area contributed by atoms with Crippen molar-refractivity contribution in [2.24, 2.45) is 5.16 Å². The van der Waals surface area contributed by atoms with E-state index >= 15 is 0 Å². The number of hydrogen-bond donors (Lipinski definition) is 2. The topological polar surface area (TPSA) is 92.9 Å². The molecule has 1 unspecified atom stereocenters. The summed E-state index contributed by atoms with van der Waals surface area (Å²) in [7, 11) is 0. The van der Waals surface area contributed by atoms with Gasteiger partial charge in [0.05, 0.1) is 18.5 Å². The normalized spacial score (nSPS) is 15.9. The third kappa shape index (κ3) is 4.47. The molecule has 0 aliphatic carbocycles. The Hall–Kier alpha value is -3.16. The SMILES string of the molecule is O=C(CCNC(=O)C1CC(c2ccccc2F)=NO1)NCc1ccco1. The molecule has 3 rings (SSSR count). The monoisotopic (exact) mass is 359 g/mol. The molecule has 1 atom stereocenters. The first-order valence-corrected chi connectivity index (χ1v) is 8.18. The van der Waals surface area contributed by atoms with E-state index in [1.54, 1.807) is 30.3 Å². The van der Waals surface area contributed by atoms with Crippen LogP contribution in [-0.4, -0.2) is 30.2 Å². The average Bonchev–Trinajstić information content (AvgIpc) is 3.32. The number of carbonyl (C=O) groups is 2. The molecule has 2 aromatic rings. The van der Waals surface area contributed by atoms with Crippen molar-refractivity contribution in [3.8, 4) is 0 Å². The molecule has 7 nitrogen and oxygen atoms in total. The molecule has 1 aromatic carbocycles. The number of furan rings is 1. The molecule has 0 spiro atoms. The summed E-state index contributed by atoms with van der Waals surface area (Å²) in [6.07, 6.45) is 1.01. The Morgan fingerprint density at radius 1 is 1.19 bits per heavy atom. The quantitative estimate of drug-likeness (QED) is 0.787. The highest BCUT2D eigenvalue weighted by atomic mass is 19.1. The number of nitrogens with zero attached hydrogens (tertiary/aromatic N) is 1. The zero-order valence-corrected chi connectivity index (χ0v) is 13.9. The van der Waals surface area contributed by atoms with Gasteiger partial charge in [-0.15, -0.1) is 0 Å². The van der Waals surface area contributed by atoms with Gasteiger partial charge in [0.2, 0.25) is 12.0 Å². The summed E-state index contributed by atoms with van der Waals surface area (Å²) in [4.78, 5) is 28.9. The third-order valence-electron chi connectivity index (χ3n) is 3.84. The molecule has 0 fully saturated rings. The van der Waals surface area contributed by atoms with Gasteiger partial charge in [0, 0.05) is 24.9 Å². The second kappa shape index (κ2) is 8.28. The first-order chi connectivity index (χ1) is 12.6. The fourth-order valence-corrected chi connectivity index (χ4v) is 2.47. The lowest BCUT2D eigenvalue weighted by molar-refractivity contribution is -0.131. The summed E-state index contributed by atoms with van der Waals surface area (Å²) in [5.41, 5.74) is 0.708. The van der Waals surface area contributed by atoms with Crippen LogP contribution < -0.4 is 10.6 Å². The van der Waals surface area contributed by atoms with Gasteiger partial charge in [-0.2, -0.15) is 0 Å². The molecule has 136 valence electrons. The molecule has 0 saturated heterocycles. The lowest BCUT2D eigenvalue weighted by atomic mass is 10.0. The van der Waals surface area contributed by atoms with Gasteiger partial charge in [-0.1, -0.05) is 23.4 Å². The second-order valence-corrected chi connectivity index (χ2v) is 5.71. The van der Waals surface area contributed by atoms with Crippen molar-refractivity contribution in [2.75, 3.05) is 6.54 Å². The fraction of sp³-hybridized carbons (Fsp3) is 0.278. The van der Waals surface area contributed by atoms with E-state index in [-0.39, 0.29) is 31.2 Å². The van der Waals surface area contributed by atoms with Gasteiger partial charge < -0.3 is 19.9 Å². The van der Waals surface area contributed by atoms with Crippen LogP contribution in [0.15, 0.2) is 52.2 Å². The summed E-state index contributed by atoms with van der Waals surface area (Å²) >= 11 is 0. The van der Waals surface area contributed by atoms with E-state index in [0.29, 0.717) is 23.6 Å². The number of rotatable bonds is 7. The van der Waals surface area contributed by atoms with Crippen LogP contribution in [0.4, 0.5) is 4.39 Å².